The van der Waals surface area contributed by atoms with Crippen LogP contribution < -0.4 is 9.62 Å². The van der Waals surface area contributed by atoms with E-state index in [0.29, 0.717) is 5.69 Å². The molecule has 2 aromatic carbocycles. The summed E-state index contributed by atoms with van der Waals surface area (Å²) in [5, 5.41) is 2.88. The predicted octanol–water partition coefficient (Wildman–Crippen LogP) is 3.80. The molecule has 0 aromatic heterocycles. The minimum Gasteiger partial charge on any atom is -0.352 e. The van der Waals surface area contributed by atoms with E-state index in [1.54, 1.807) is 42.5 Å². The van der Waals surface area contributed by atoms with Crippen molar-refractivity contribution in [2.45, 2.75) is 51.5 Å². The van der Waals surface area contributed by atoms with E-state index in [2.05, 4.69) is 5.32 Å². The summed E-state index contributed by atoms with van der Waals surface area (Å²) in [4.78, 5) is 12.7. The Bertz CT molecular complexity index is 877. The maximum absolute atomic E-state index is 13.2. The second kappa shape index (κ2) is 9.04. The zero-order chi connectivity index (χ0) is 20.0. The van der Waals surface area contributed by atoms with Gasteiger partial charge < -0.3 is 5.32 Å². The third-order valence-electron chi connectivity index (χ3n) is 4.31. The lowest BCUT2D eigenvalue weighted by atomic mass is 10.2. The number of carbonyl (C=O) groups is 1. The van der Waals surface area contributed by atoms with Crippen molar-refractivity contribution in [3.05, 3.63) is 59.7 Å². The summed E-state index contributed by atoms with van der Waals surface area (Å²) in [7, 11) is -3.86. The summed E-state index contributed by atoms with van der Waals surface area (Å²) in [6.07, 6.45) is 1.80. The molecule has 0 saturated carbocycles. The third kappa shape index (κ3) is 5.57. The van der Waals surface area contributed by atoms with Gasteiger partial charge in [0.2, 0.25) is 5.91 Å². The van der Waals surface area contributed by atoms with Crippen LogP contribution >= 0.6 is 0 Å². The van der Waals surface area contributed by atoms with Gasteiger partial charge in [0, 0.05) is 6.04 Å². The fourth-order valence-corrected chi connectivity index (χ4v) is 4.30. The Hall–Kier alpha value is -2.34. The lowest BCUT2D eigenvalue weighted by molar-refractivity contribution is -0.120. The van der Waals surface area contributed by atoms with Crippen LogP contribution in [0.1, 0.15) is 37.8 Å². The third-order valence-corrected chi connectivity index (χ3v) is 6.10. The van der Waals surface area contributed by atoms with Crippen LogP contribution in [0.5, 0.6) is 0 Å². The summed E-state index contributed by atoms with van der Waals surface area (Å²) < 4.78 is 27.7. The van der Waals surface area contributed by atoms with Gasteiger partial charge in [0.25, 0.3) is 10.0 Å². The van der Waals surface area contributed by atoms with Gasteiger partial charge in [-0.15, -0.1) is 0 Å². The molecule has 0 aliphatic heterocycles. The Morgan fingerprint density at radius 3 is 2.33 bits per heavy atom. The fourth-order valence-electron chi connectivity index (χ4n) is 2.89. The zero-order valence-electron chi connectivity index (χ0n) is 16.4. The number of nitrogens with zero attached hydrogens (tertiary/aromatic N) is 1. The molecule has 0 fully saturated rings. The van der Waals surface area contributed by atoms with E-state index in [1.165, 1.54) is 4.31 Å². The normalized spacial score (nSPS) is 12.4. The first-order valence-corrected chi connectivity index (χ1v) is 10.6. The van der Waals surface area contributed by atoms with Crippen molar-refractivity contribution >= 4 is 21.6 Å². The summed E-state index contributed by atoms with van der Waals surface area (Å²) in [6, 6.07) is 13.8. The van der Waals surface area contributed by atoms with Crippen LogP contribution in [-0.2, 0) is 14.8 Å². The molecule has 2 rings (SSSR count). The van der Waals surface area contributed by atoms with Crippen molar-refractivity contribution in [1.82, 2.24) is 5.32 Å². The number of aryl methyl sites for hydroxylation is 2. The van der Waals surface area contributed by atoms with E-state index in [9.17, 15) is 13.2 Å². The van der Waals surface area contributed by atoms with Crippen LogP contribution in [0.2, 0.25) is 0 Å². The Kier molecular flexibility index (Phi) is 7.02. The Labute approximate surface area is 162 Å². The number of anilines is 1. The molecule has 0 spiro atoms. The molecule has 0 saturated heterocycles. The zero-order valence-corrected chi connectivity index (χ0v) is 17.2. The molecule has 0 bridgehead atoms. The summed E-state index contributed by atoms with van der Waals surface area (Å²) in [5.74, 6) is -0.312. The maximum atomic E-state index is 13.2. The summed E-state index contributed by atoms with van der Waals surface area (Å²) in [5.41, 5.74) is 2.38. The monoisotopic (exact) mass is 388 g/mol. The average molecular weight is 389 g/mol. The van der Waals surface area contributed by atoms with Gasteiger partial charge in [-0.25, -0.2) is 8.42 Å². The van der Waals surface area contributed by atoms with Gasteiger partial charge in [0.15, 0.2) is 0 Å². The highest BCUT2D eigenvalue weighted by atomic mass is 32.2. The highest BCUT2D eigenvalue weighted by molar-refractivity contribution is 7.92. The SMILES string of the molecule is CCC[C@@H](C)NC(=O)CN(c1cccc(C)c1)S(=O)(=O)c1ccc(C)cc1. The first-order valence-electron chi connectivity index (χ1n) is 9.19. The Morgan fingerprint density at radius 1 is 1.07 bits per heavy atom. The standard InChI is InChI=1S/C21H28N2O3S/c1-5-7-18(4)22-21(24)15-23(19-9-6-8-17(3)14-19)27(25,26)20-12-10-16(2)11-13-20/h6,8-14,18H,5,7,15H2,1-4H3,(H,22,24)/t18-/m1/s1. The lowest BCUT2D eigenvalue weighted by Crippen LogP contribution is -2.43. The maximum Gasteiger partial charge on any atom is 0.264 e. The molecule has 6 heteroatoms. The Morgan fingerprint density at radius 2 is 1.74 bits per heavy atom. The number of benzene rings is 2. The molecule has 1 atom stereocenters. The minimum atomic E-state index is -3.86. The lowest BCUT2D eigenvalue weighted by Gasteiger charge is -2.25. The molecule has 0 unspecified atom stereocenters. The first-order chi connectivity index (χ1) is 12.7. The number of sulfonamides is 1. The second-order valence-corrected chi connectivity index (χ2v) is 8.78. The fraction of sp³-hybridized carbons (Fsp3) is 0.381. The van der Waals surface area contributed by atoms with Crippen LogP contribution in [0.4, 0.5) is 5.69 Å². The number of nitrogens with one attached hydrogen (secondary N) is 1. The molecule has 146 valence electrons. The van der Waals surface area contributed by atoms with Gasteiger partial charge in [-0.2, -0.15) is 0 Å². The van der Waals surface area contributed by atoms with Crippen LogP contribution in [-0.4, -0.2) is 26.9 Å². The van der Waals surface area contributed by atoms with Gasteiger partial charge in [0.05, 0.1) is 10.6 Å². The van der Waals surface area contributed by atoms with Crippen molar-refractivity contribution in [1.29, 1.82) is 0 Å². The molecule has 2 aromatic rings. The predicted molar refractivity (Wildman–Crippen MR) is 109 cm³/mol. The second-order valence-electron chi connectivity index (χ2n) is 6.92. The van der Waals surface area contributed by atoms with Crippen molar-refractivity contribution < 1.29 is 13.2 Å². The smallest absolute Gasteiger partial charge is 0.264 e. The molecular weight excluding hydrogens is 360 g/mol. The largest absolute Gasteiger partial charge is 0.352 e. The van der Waals surface area contributed by atoms with E-state index in [4.69, 9.17) is 0 Å². The molecule has 27 heavy (non-hydrogen) atoms. The average Bonchev–Trinajstić information content (AvgIpc) is 2.60. The molecular formula is C21H28N2O3S. The molecule has 0 aliphatic carbocycles. The molecule has 1 N–H and O–H groups in total. The van der Waals surface area contributed by atoms with Crippen molar-refractivity contribution in [2.75, 3.05) is 10.8 Å². The molecule has 5 nitrogen and oxygen atoms in total. The van der Waals surface area contributed by atoms with Gasteiger partial charge in [0.1, 0.15) is 6.54 Å². The first kappa shape index (κ1) is 21.0. The van der Waals surface area contributed by atoms with Gasteiger partial charge >= 0.3 is 0 Å². The van der Waals surface area contributed by atoms with Crippen LogP contribution in [0.15, 0.2) is 53.4 Å². The van der Waals surface area contributed by atoms with Gasteiger partial charge in [-0.1, -0.05) is 43.2 Å². The van der Waals surface area contributed by atoms with Gasteiger partial charge in [-0.05, 0) is 57.0 Å². The molecule has 1 amide bonds. The summed E-state index contributed by atoms with van der Waals surface area (Å²) >= 11 is 0. The highest BCUT2D eigenvalue weighted by Gasteiger charge is 2.27. The van der Waals surface area contributed by atoms with Crippen molar-refractivity contribution in [3.63, 3.8) is 0 Å². The summed E-state index contributed by atoms with van der Waals surface area (Å²) in [6.45, 7) is 7.50. The molecule has 0 aliphatic rings. The van der Waals surface area contributed by atoms with Crippen LogP contribution in [0.25, 0.3) is 0 Å². The molecule has 0 heterocycles. The number of hydrogen-bond acceptors (Lipinski definition) is 3. The van der Waals surface area contributed by atoms with E-state index in [-0.39, 0.29) is 23.4 Å². The van der Waals surface area contributed by atoms with Crippen molar-refractivity contribution in [3.8, 4) is 0 Å². The van der Waals surface area contributed by atoms with Crippen LogP contribution in [0, 0.1) is 13.8 Å². The minimum absolute atomic E-state index is 0.00365. The highest BCUT2D eigenvalue weighted by Crippen LogP contribution is 2.24. The topological polar surface area (TPSA) is 66.5 Å². The van der Waals surface area contributed by atoms with E-state index in [0.717, 1.165) is 24.0 Å². The van der Waals surface area contributed by atoms with Gasteiger partial charge in [-0.3, -0.25) is 9.10 Å². The van der Waals surface area contributed by atoms with E-state index in [1.807, 2.05) is 33.8 Å². The van der Waals surface area contributed by atoms with E-state index >= 15 is 0 Å². The number of carbonyl (C=O) groups excluding carboxylic acids is 1. The van der Waals surface area contributed by atoms with Crippen LogP contribution in [0.3, 0.4) is 0 Å². The molecule has 0 radical (unpaired) electrons. The number of hydrogen-bond donors (Lipinski definition) is 1. The Balaban J connectivity index is 2.38. The van der Waals surface area contributed by atoms with E-state index < -0.39 is 10.0 Å². The number of rotatable bonds is 8. The quantitative estimate of drug-likeness (QED) is 0.748. The van der Waals surface area contributed by atoms with Crippen molar-refractivity contribution in [2.24, 2.45) is 0 Å². The number of amides is 1.